The number of benzene rings is 1. The van der Waals surface area contributed by atoms with Crippen LogP contribution in [0.15, 0.2) is 29.8 Å². The highest BCUT2D eigenvalue weighted by molar-refractivity contribution is 7.10. The summed E-state index contributed by atoms with van der Waals surface area (Å²) in [5.74, 6) is 0.636. The third-order valence-electron chi connectivity index (χ3n) is 2.29. The van der Waals surface area contributed by atoms with Gasteiger partial charge in [-0.2, -0.15) is 5.26 Å². The number of rotatable bonds is 3. The van der Waals surface area contributed by atoms with Crippen LogP contribution in [0.3, 0.4) is 0 Å². The fourth-order valence-corrected chi connectivity index (χ4v) is 1.91. The van der Waals surface area contributed by atoms with E-state index < -0.39 is 0 Å². The van der Waals surface area contributed by atoms with Crippen molar-refractivity contribution in [2.24, 2.45) is 0 Å². The smallest absolute Gasteiger partial charge is 0.159 e. The molecule has 0 aliphatic carbocycles. The Morgan fingerprint density at radius 2 is 2.12 bits per heavy atom. The summed E-state index contributed by atoms with van der Waals surface area (Å²) < 4.78 is 0. The van der Waals surface area contributed by atoms with Gasteiger partial charge in [-0.1, -0.05) is 19.1 Å². The molecule has 1 N–H and O–H groups in total. The molecular weight excluding hydrogens is 218 g/mol. The molecule has 0 atom stereocenters. The lowest BCUT2D eigenvalue weighted by atomic mass is 10.1. The van der Waals surface area contributed by atoms with Gasteiger partial charge in [0.15, 0.2) is 5.82 Å². The van der Waals surface area contributed by atoms with Gasteiger partial charge in [0.2, 0.25) is 0 Å². The van der Waals surface area contributed by atoms with E-state index in [0.29, 0.717) is 10.7 Å². The highest BCUT2D eigenvalue weighted by atomic mass is 32.1. The third kappa shape index (κ3) is 2.20. The van der Waals surface area contributed by atoms with Crippen LogP contribution in [-0.2, 0) is 6.42 Å². The molecule has 2 aromatic rings. The average molecular weight is 229 g/mol. The SMILES string of the molecule is CCc1ccc(Nc2ncsc2C#N)cc1. The van der Waals surface area contributed by atoms with Crippen molar-refractivity contribution in [2.45, 2.75) is 13.3 Å². The van der Waals surface area contributed by atoms with Crippen molar-refractivity contribution in [3.63, 3.8) is 0 Å². The third-order valence-corrected chi connectivity index (χ3v) is 3.03. The molecule has 0 amide bonds. The van der Waals surface area contributed by atoms with Crippen LogP contribution in [-0.4, -0.2) is 4.98 Å². The number of aromatic nitrogens is 1. The minimum absolute atomic E-state index is 0.611. The second-order valence-electron chi connectivity index (χ2n) is 3.32. The van der Waals surface area contributed by atoms with E-state index in [9.17, 15) is 0 Å². The second kappa shape index (κ2) is 4.77. The normalized spacial score (nSPS) is 9.75. The van der Waals surface area contributed by atoms with Gasteiger partial charge in [-0.15, -0.1) is 11.3 Å². The molecule has 1 aromatic carbocycles. The van der Waals surface area contributed by atoms with Crippen LogP contribution in [0.4, 0.5) is 11.5 Å². The molecule has 0 radical (unpaired) electrons. The first-order valence-electron chi connectivity index (χ1n) is 5.03. The summed E-state index contributed by atoms with van der Waals surface area (Å²) in [5.41, 5.74) is 3.92. The van der Waals surface area contributed by atoms with E-state index in [4.69, 9.17) is 5.26 Å². The van der Waals surface area contributed by atoms with Crippen molar-refractivity contribution < 1.29 is 0 Å². The fourth-order valence-electron chi connectivity index (χ4n) is 1.38. The molecule has 0 saturated heterocycles. The molecule has 1 aromatic heterocycles. The molecule has 0 fully saturated rings. The topological polar surface area (TPSA) is 48.7 Å². The predicted octanol–water partition coefficient (Wildman–Crippen LogP) is 3.32. The van der Waals surface area contributed by atoms with Gasteiger partial charge in [0.25, 0.3) is 0 Å². The van der Waals surface area contributed by atoms with Crippen molar-refractivity contribution in [1.82, 2.24) is 4.98 Å². The van der Waals surface area contributed by atoms with Crippen LogP contribution in [0.2, 0.25) is 0 Å². The Labute approximate surface area is 98.4 Å². The van der Waals surface area contributed by atoms with Gasteiger partial charge in [0, 0.05) is 5.69 Å². The monoisotopic (exact) mass is 229 g/mol. The van der Waals surface area contributed by atoms with E-state index in [1.54, 1.807) is 5.51 Å². The van der Waals surface area contributed by atoms with Crippen molar-refractivity contribution in [3.05, 3.63) is 40.2 Å². The zero-order chi connectivity index (χ0) is 11.4. The zero-order valence-electron chi connectivity index (χ0n) is 8.90. The van der Waals surface area contributed by atoms with Crippen molar-refractivity contribution in [2.75, 3.05) is 5.32 Å². The van der Waals surface area contributed by atoms with Gasteiger partial charge in [0.05, 0.1) is 5.51 Å². The Kier molecular flexibility index (Phi) is 3.18. The number of hydrogen-bond donors (Lipinski definition) is 1. The molecule has 0 saturated carbocycles. The molecule has 3 nitrogen and oxygen atoms in total. The maximum Gasteiger partial charge on any atom is 0.159 e. The summed E-state index contributed by atoms with van der Waals surface area (Å²) in [4.78, 5) is 4.72. The molecule has 1 heterocycles. The summed E-state index contributed by atoms with van der Waals surface area (Å²) in [7, 11) is 0. The number of nitrogens with zero attached hydrogens (tertiary/aromatic N) is 2. The van der Waals surface area contributed by atoms with Gasteiger partial charge < -0.3 is 5.32 Å². The minimum Gasteiger partial charge on any atom is -0.338 e. The highest BCUT2D eigenvalue weighted by Crippen LogP contribution is 2.22. The lowest BCUT2D eigenvalue weighted by Gasteiger charge is -2.04. The van der Waals surface area contributed by atoms with Crippen molar-refractivity contribution in [1.29, 1.82) is 5.26 Å². The second-order valence-corrected chi connectivity index (χ2v) is 4.17. The van der Waals surface area contributed by atoms with E-state index in [-0.39, 0.29) is 0 Å². The Morgan fingerprint density at radius 1 is 1.38 bits per heavy atom. The quantitative estimate of drug-likeness (QED) is 0.878. The van der Waals surface area contributed by atoms with Gasteiger partial charge in [-0.05, 0) is 24.1 Å². The van der Waals surface area contributed by atoms with Crippen LogP contribution < -0.4 is 5.32 Å². The summed E-state index contributed by atoms with van der Waals surface area (Å²) in [6.07, 6.45) is 1.03. The summed E-state index contributed by atoms with van der Waals surface area (Å²) in [6.45, 7) is 2.12. The summed E-state index contributed by atoms with van der Waals surface area (Å²) in [6, 6.07) is 10.3. The van der Waals surface area contributed by atoms with Gasteiger partial charge in [0.1, 0.15) is 10.9 Å². The first-order valence-corrected chi connectivity index (χ1v) is 5.91. The fraction of sp³-hybridized carbons (Fsp3) is 0.167. The number of thiazole rings is 1. The first-order chi connectivity index (χ1) is 7.83. The molecule has 0 bridgehead atoms. The maximum atomic E-state index is 8.85. The van der Waals surface area contributed by atoms with Gasteiger partial charge >= 0.3 is 0 Å². The van der Waals surface area contributed by atoms with Crippen LogP contribution in [0.25, 0.3) is 0 Å². The van der Waals surface area contributed by atoms with Crippen LogP contribution in [0.5, 0.6) is 0 Å². The lowest BCUT2D eigenvalue weighted by molar-refractivity contribution is 1.14. The number of nitrogens with one attached hydrogen (secondary N) is 1. The van der Waals surface area contributed by atoms with Gasteiger partial charge in [-0.3, -0.25) is 0 Å². The van der Waals surface area contributed by atoms with E-state index in [2.05, 4.69) is 35.4 Å². The molecule has 0 spiro atoms. The largest absolute Gasteiger partial charge is 0.338 e. The molecule has 0 unspecified atom stereocenters. The Hall–Kier alpha value is -1.86. The Balaban J connectivity index is 2.18. The molecule has 0 aliphatic rings. The Morgan fingerprint density at radius 3 is 2.75 bits per heavy atom. The van der Waals surface area contributed by atoms with E-state index in [1.165, 1.54) is 16.9 Å². The molecule has 16 heavy (non-hydrogen) atoms. The Bertz CT molecular complexity index is 508. The van der Waals surface area contributed by atoms with Crippen LogP contribution in [0, 0.1) is 11.3 Å². The summed E-state index contributed by atoms with van der Waals surface area (Å²) in [5, 5.41) is 12.0. The van der Waals surface area contributed by atoms with Crippen molar-refractivity contribution >= 4 is 22.8 Å². The summed E-state index contributed by atoms with van der Waals surface area (Å²) >= 11 is 1.34. The van der Waals surface area contributed by atoms with E-state index in [0.717, 1.165) is 12.1 Å². The average Bonchev–Trinajstić information content (AvgIpc) is 2.77. The van der Waals surface area contributed by atoms with Crippen LogP contribution in [0.1, 0.15) is 17.4 Å². The maximum absolute atomic E-state index is 8.85. The van der Waals surface area contributed by atoms with Gasteiger partial charge in [-0.25, -0.2) is 4.98 Å². The number of anilines is 2. The molecular formula is C12H11N3S. The zero-order valence-corrected chi connectivity index (χ0v) is 9.71. The molecule has 0 aliphatic heterocycles. The standard InChI is InChI=1S/C12H11N3S/c1-2-9-3-5-10(6-4-9)15-12-11(7-13)16-8-14-12/h3-6,8,15H,2H2,1H3. The minimum atomic E-state index is 0.611. The number of nitriles is 1. The predicted molar refractivity (Wildman–Crippen MR) is 65.9 cm³/mol. The first kappa shape index (κ1) is 10.7. The number of aryl methyl sites for hydroxylation is 1. The lowest BCUT2D eigenvalue weighted by Crippen LogP contribution is -1.92. The van der Waals surface area contributed by atoms with Crippen molar-refractivity contribution in [3.8, 4) is 6.07 Å². The van der Waals surface area contributed by atoms with E-state index >= 15 is 0 Å². The number of hydrogen-bond acceptors (Lipinski definition) is 4. The van der Waals surface area contributed by atoms with E-state index in [1.807, 2.05) is 12.1 Å². The molecule has 4 heteroatoms. The highest BCUT2D eigenvalue weighted by Gasteiger charge is 2.04. The molecule has 80 valence electrons. The van der Waals surface area contributed by atoms with Crippen LogP contribution >= 0.6 is 11.3 Å². The molecule has 2 rings (SSSR count).